The Morgan fingerprint density at radius 2 is 1.74 bits per heavy atom. The third-order valence-electron chi connectivity index (χ3n) is 11.0. The van der Waals surface area contributed by atoms with E-state index in [1.54, 1.807) is 30.3 Å². The second-order valence-corrected chi connectivity index (χ2v) is 15.6. The number of alkyl halides is 2. The summed E-state index contributed by atoms with van der Waals surface area (Å²) in [6.07, 6.45) is 6.42. The summed E-state index contributed by atoms with van der Waals surface area (Å²) in [4.78, 5) is 37.6. The highest BCUT2D eigenvalue weighted by molar-refractivity contribution is 5.86. The number of fused-ring (bicyclic) bond motifs is 3. The molecule has 7 heterocycles. The maximum absolute atomic E-state index is 15.2. The highest BCUT2D eigenvalue weighted by Gasteiger charge is 2.35. The van der Waals surface area contributed by atoms with Crippen molar-refractivity contribution in [2.75, 3.05) is 62.3 Å². The number of anilines is 3. The van der Waals surface area contributed by atoms with E-state index >= 15 is 8.78 Å². The lowest BCUT2D eigenvalue weighted by molar-refractivity contribution is -0.129. The minimum Gasteiger partial charge on any atom is -0.444 e. The lowest BCUT2D eigenvalue weighted by atomic mass is 9.92. The summed E-state index contributed by atoms with van der Waals surface area (Å²) in [5.74, 6) is 1.62. The molecule has 0 unspecified atom stereocenters. The molecule has 4 aliphatic rings. The van der Waals surface area contributed by atoms with Crippen LogP contribution in [0.4, 0.5) is 30.9 Å². The smallest absolute Gasteiger partial charge is 0.410 e. The van der Waals surface area contributed by atoms with Gasteiger partial charge in [-0.2, -0.15) is 5.10 Å². The summed E-state index contributed by atoms with van der Waals surface area (Å²) < 4.78 is 45.7. The van der Waals surface area contributed by atoms with E-state index in [1.807, 2.05) is 48.4 Å². The standard InChI is InChI=1S/C39H48F2N8O4/c1-25(50)46-12-8-32-31(24-46)37(43-49(32)27-9-18-52-19-10-27)48-11-5-6-26-20-29(30(36(40)41)21-33(26)48)28-7-13-47-34(28)22-42-23-35(47)44-14-16-45(17-15-44)38(51)53-39(2,3)4/h7,13,20-23,27,36H,5-6,8-12,14-19,24H2,1-4H3. The normalized spacial score (nSPS) is 18.5. The first-order chi connectivity index (χ1) is 25.5. The van der Waals surface area contributed by atoms with Crippen molar-refractivity contribution in [3.63, 3.8) is 0 Å². The van der Waals surface area contributed by atoms with Crippen molar-refractivity contribution >= 4 is 34.8 Å². The number of benzene rings is 1. The van der Waals surface area contributed by atoms with Crippen LogP contribution in [0.15, 0.2) is 36.8 Å². The Labute approximate surface area is 308 Å². The predicted octanol–water partition coefficient (Wildman–Crippen LogP) is 6.53. The molecule has 282 valence electrons. The number of amides is 2. The van der Waals surface area contributed by atoms with E-state index in [0.29, 0.717) is 76.6 Å². The molecule has 3 aromatic heterocycles. The Balaban J connectivity index is 1.13. The molecule has 0 radical (unpaired) electrons. The number of piperazine rings is 1. The fraction of sp³-hybridized carbons (Fsp3) is 0.538. The van der Waals surface area contributed by atoms with Crippen LogP contribution in [0.3, 0.4) is 0 Å². The molecule has 2 fully saturated rings. The third-order valence-corrected chi connectivity index (χ3v) is 11.0. The highest BCUT2D eigenvalue weighted by atomic mass is 19.3. The fourth-order valence-electron chi connectivity index (χ4n) is 8.35. The summed E-state index contributed by atoms with van der Waals surface area (Å²) in [5.41, 5.74) is 5.21. The zero-order valence-electron chi connectivity index (χ0n) is 31.0. The molecule has 53 heavy (non-hydrogen) atoms. The van der Waals surface area contributed by atoms with Crippen molar-refractivity contribution in [3.8, 4) is 11.1 Å². The van der Waals surface area contributed by atoms with Crippen LogP contribution in [0, 0.1) is 0 Å². The molecule has 14 heteroatoms. The van der Waals surface area contributed by atoms with Gasteiger partial charge in [0.05, 0.1) is 30.5 Å². The Morgan fingerprint density at radius 1 is 0.962 bits per heavy atom. The van der Waals surface area contributed by atoms with Crippen LogP contribution in [-0.2, 0) is 33.7 Å². The molecule has 0 atom stereocenters. The number of halogens is 2. The molecule has 8 rings (SSSR count). The van der Waals surface area contributed by atoms with Crippen molar-refractivity contribution in [3.05, 3.63) is 59.2 Å². The summed E-state index contributed by atoms with van der Waals surface area (Å²) in [7, 11) is 0. The molecule has 0 saturated carbocycles. The van der Waals surface area contributed by atoms with Crippen LogP contribution in [0.2, 0.25) is 0 Å². The Hall–Kier alpha value is -4.72. The molecule has 4 aliphatic heterocycles. The molecule has 0 spiro atoms. The fourth-order valence-corrected chi connectivity index (χ4v) is 8.35. The van der Waals surface area contributed by atoms with Gasteiger partial charge in [-0.25, -0.2) is 13.6 Å². The first kappa shape index (κ1) is 35.3. The van der Waals surface area contributed by atoms with Crippen LogP contribution in [0.1, 0.15) is 81.8 Å². The molecule has 4 aromatic rings. The maximum Gasteiger partial charge on any atom is 0.410 e. The number of rotatable bonds is 5. The molecule has 0 bridgehead atoms. The largest absolute Gasteiger partial charge is 0.444 e. The molecule has 2 saturated heterocycles. The van der Waals surface area contributed by atoms with Gasteiger partial charge in [0, 0.05) is 100 Å². The van der Waals surface area contributed by atoms with Gasteiger partial charge in [0.1, 0.15) is 11.4 Å². The lowest BCUT2D eigenvalue weighted by Gasteiger charge is -2.36. The van der Waals surface area contributed by atoms with Gasteiger partial charge < -0.3 is 33.5 Å². The van der Waals surface area contributed by atoms with Gasteiger partial charge in [0.15, 0.2) is 5.82 Å². The monoisotopic (exact) mass is 730 g/mol. The molecular weight excluding hydrogens is 682 g/mol. The molecular formula is C39H48F2N8O4. The minimum absolute atomic E-state index is 0.0181. The van der Waals surface area contributed by atoms with Gasteiger partial charge >= 0.3 is 6.09 Å². The number of carbonyl (C=O) groups excluding carboxylic acids is 2. The summed E-state index contributed by atoms with van der Waals surface area (Å²) in [6, 6.07) is 5.70. The summed E-state index contributed by atoms with van der Waals surface area (Å²) in [5, 5.41) is 5.22. The number of hydrogen-bond donors (Lipinski definition) is 0. The van der Waals surface area contributed by atoms with Crippen LogP contribution < -0.4 is 9.80 Å². The van der Waals surface area contributed by atoms with Crippen LogP contribution in [0.5, 0.6) is 0 Å². The number of hydrogen-bond acceptors (Lipinski definition) is 8. The highest BCUT2D eigenvalue weighted by Crippen LogP contribution is 2.44. The second-order valence-electron chi connectivity index (χ2n) is 15.6. The number of carbonyl (C=O) groups is 2. The Kier molecular flexibility index (Phi) is 9.28. The van der Waals surface area contributed by atoms with E-state index in [1.165, 1.54) is 0 Å². The zero-order chi connectivity index (χ0) is 37.0. The Bertz CT molecular complexity index is 2020. The first-order valence-electron chi connectivity index (χ1n) is 18.8. The zero-order valence-corrected chi connectivity index (χ0v) is 31.0. The number of aromatic nitrogens is 4. The number of ether oxygens (including phenoxy) is 2. The first-order valence-corrected chi connectivity index (χ1v) is 18.8. The Morgan fingerprint density at radius 3 is 2.45 bits per heavy atom. The SMILES string of the molecule is CC(=O)N1CCc2c(c(N3CCCc4cc(-c5ccn6c(N7CCN(C(=O)OC(C)(C)C)CC7)cncc56)c(C(F)F)cc43)nn2C2CCOCC2)C1. The van der Waals surface area contributed by atoms with E-state index in [9.17, 15) is 9.59 Å². The average molecular weight is 731 g/mol. The van der Waals surface area contributed by atoms with Gasteiger partial charge in [-0.05, 0) is 75.8 Å². The van der Waals surface area contributed by atoms with Crippen molar-refractivity contribution in [2.45, 2.75) is 84.4 Å². The van der Waals surface area contributed by atoms with Crippen LogP contribution >= 0.6 is 0 Å². The van der Waals surface area contributed by atoms with Gasteiger partial charge in [-0.3, -0.25) is 14.5 Å². The molecule has 0 N–H and O–H groups in total. The van der Waals surface area contributed by atoms with E-state index in [4.69, 9.17) is 14.6 Å². The second kappa shape index (κ2) is 13.9. The van der Waals surface area contributed by atoms with Crippen molar-refractivity contribution in [2.24, 2.45) is 0 Å². The van der Waals surface area contributed by atoms with E-state index in [-0.39, 0.29) is 23.6 Å². The van der Waals surface area contributed by atoms with Crippen LogP contribution in [0.25, 0.3) is 16.6 Å². The molecule has 1 aromatic carbocycles. The quantitative estimate of drug-likeness (QED) is 0.229. The van der Waals surface area contributed by atoms with E-state index in [0.717, 1.165) is 65.3 Å². The molecule has 2 amide bonds. The van der Waals surface area contributed by atoms with Crippen LogP contribution in [-0.4, -0.2) is 99.0 Å². The maximum atomic E-state index is 15.2. The summed E-state index contributed by atoms with van der Waals surface area (Å²) >= 11 is 0. The topological polar surface area (TPSA) is 101 Å². The van der Waals surface area contributed by atoms with E-state index < -0.39 is 12.0 Å². The summed E-state index contributed by atoms with van der Waals surface area (Å²) in [6.45, 7) is 12.4. The predicted molar refractivity (Wildman–Crippen MR) is 197 cm³/mol. The molecule has 0 aliphatic carbocycles. The van der Waals surface area contributed by atoms with Gasteiger partial charge in [0.2, 0.25) is 5.91 Å². The third kappa shape index (κ3) is 6.70. The lowest BCUT2D eigenvalue weighted by Crippen LogP contribution is -2.50. The van der Waals surface area contributed by atoms with Crippen molar-refractivity contribution in [1.82, 2.24) is 29.0 Å². The average Bonchev–Trinajstić information content (AvgIpc) is 3.76. The van der Waals surface area contributed by atoms with Gasteiger partial charge in [-0.1, -0.05) is 0 Å². The van der Waals surface area contributed by atoms with Gasteiger partial charge in [-0.15, -0.1) is 0 Å². The molecule has 12 nitrogen and oxygen atoms in total. The minimum atomic E-state index is -2.71. The number of nitrogens with zero attached hydrogens (tertiary/aromatic N) is 8. The number of aryl methyl sites for hydroxylation is 1. The van der Waals surface area contributed by atoms with Gasteiger partial charge in [0.25, 0.3) is 6.43 Å². The van der Waals surface area contributed by atoms with Crippen molar-refractivity contribution < 1.29 is 27.8 Å². The van der Waals surface area contributed by atoms with E-state index in [2.05, 4.69) is 19.5 Å². The van der Waals surface area contributed by atoms with Crippen molar-refractivity contribution in [1.29, 1.82) is 0 Å².